The summed E-state index contributed by atoms with van der Waals surface area (Å²) in [5.74, 6) is 0. The zero-order chi connectivity index (χ0) is 10.5. The fourth-order valence-electron chi connectivity index (χ4n) is 2.10. The van der Waals surface area contributed by atoms with E-state index in [0.29, 0.717) is 5.65 Å². The average Bonchev–Trinajstić information content (AvgIpc) is 2.91. The highest BCUT2D eigenvalue weighted by atomic mass is 16.3. The predicted octanol–water partition coefficient (Wildman–Crippen LogP) is 0.765. The summed E-state index contributed by atoms with van der Waals surface area (Å²) < 4.78 is 0. The van der Waals surface area contributed by atoms with E-state index in [-0.39, 0.29) is 11.5 Å². The van der Waals surface area contributed by atoms with Crippen LogP contribution in [0.25, 0.3) is 11.2 Å². The maximum absolute atomic E-state index is 9.75. The van der Waals surface area contributed by atoms with E-state index in [1.165, 1.54) is 0 Å². The molecule has 78 valence electrons. The number of nitrogens with zero attached hydrogens (tertiary/aromatic N) is 3. The zero-order valence-electron chi connectivity index (χ0n) is 8.44. The molecule has 5 nitrogen and oxygen atoms in total. The van der Waals surface area contributed by atoms with Crippen LogP contribution >= 0.6 is 0 Å². The molecule has 1 atom stereocenters. The highest BCUT2D eigenvalue weighted by Crippen LogP contribution is 2.50. The molecule has 1 aliphatic carbocycles. The number of pyridine rings is 1. The van der Waals surface area contributed by atoms with Gasteiger partial charge in [0.2, 0.25) is 5.65 Å². The zero-order valence-corrected chi connectivity index (χ0v) is 8.44. The van der Waals surface area contributed by atoms with Crippen molar-refractivity contribution in [3.05, 3.63) is 17.8 Å². The molecule has 1 unspecified atom stereocenters. The van der Waals surface area contributed by atoms with Crippen LogP contribution in [0.4, 0.5) is 0 Å². The minimum atomic E-state index is -0.330. The number of aromatic amines is 1. The summed E-state index contributed by atoms with van der Waals surface area (Å²) in [6.45, 7) is 1.83. The molecule has 2 aromatic rings. The number of nitrogens with one attached hydrogen (secondary N) is 1. The van der Waals surface area contributed by atoms with Crippen LogP contribution in [0.3, 0.4) is 0 Å². The van der Waals surface area contributed by atoms with Crippen LogP contribution in [0.5, 0.6) is 0 Å². The van der Waals surface area contributed by atoms with Gasteiger partial charge in [0.25, 0.3) is 0 Å². The molecule has 0 saturated heterocycles. The molecular weight excluding hydrogens is 192 g/mol. The van der Waals surface area contributed by atoms with Gasteiger partial charge in [0.15, 0.2) is 0 Å². The Labute approximate surface area is 86.5 Å². The van der Waals surface area contributed by atoms with E-state index < -0.39 is 0 Å². The minimum absolute atomic E-state index is 0.0832. The third kappa shape index (κ3) is 1.16. The molecule has 0 radical (unpaired) electrons. The molecule has 0 aliphatic heterocycles. The van der Waals surface area contributed by atoms with Crippen LogP contribution in [0.1, 0.15) is 25.3 Å². The Bertz CT molecular complexity index is 501. The van der Waals surface area contributed by atoms with Crippen molar-refractivity contribution in [2.45, 2.75) is 31.3 Å². The van der Waals surface area contributed by atoms with Crippen LogP contribution in [0.2, 0.25) is 0 Å². The molecule has 1 aliphatic rings. The summed E-state index contributed by atoms with van der Waals surface area (Å²) in [6.07, 6.45) is 3.51. The summed E-state index contributed by atoms with van der Waals surface area (Å²) in [6, 6.07) is 1.96. The molecule has 2 aromatic heterocycles. The number of rotatable bonds is 2. The number of hydrogen-bond donors (Lipinski definition) is 2. The minimum Gasteiger partial charge on any atom is -0.392 e. The van der Waals surface area contributed by atoms with Crippen LogP contribution in [0, 0.1) is 0 Å². The van der Waals surface area contributed by atoms with Gasteiger partial charge in [0.05, 0.1) is 6.10 Å². The fourth-order valence-corrected chi connectivity index (χ4v) is 2.10. The monoisotopic (exact) mass is 204 g/mol. The van der Waals surface area contributed by atoms with Gasteiger partial charge < -0.3 is 5.11 Å². The van der Waals surface area contributed by atoms with Gasteiger partial charge in [-0.05, 0) is 31.4 Å². The quantitative estimate of drug-likeness (QED) is 0.757. The lowest BCUT2D eigenvalue weighted by atomic mass is 9.92. The lowest BCUT2D eigenvalue weighted by Crippen LogP contribution is -2.22. The predicted molar refractivity (Wildman–Crippen MR) is 54.3 cm³/mol. The molecule has 2 N–H and O–H groups in total. The Morgan fingerprint density at radius 1 is 1.47 bits per heavy atom. The van der Waals surface area contributed by atoms with Crippen molar-refractivity contribution in [1.29, 1.82) is 0 Å². The summed E-state index contributed by atoms with van der Waals surface area (Å²) in [7, 11) is 0. The second kappa shape index (κ2) is 2.76. The van der Waals surface area contributed by atoms with Gasteiger partial charge in [0, 0.05) is 11.6 Å². The standard InChI is InChI=1S/C10H12N4O/c1-6(15)10(2-3-10)7-4-8-9(11-5-7)13-14-12-8/h4-6,15H,2-3H2,1H3,(H,11,12,13,14). The molecule has 3 rings (SSSR count). The first-order valence-electron chi connectivity index (χ1n) is 5.07. The van der Waals surface area contributed by atoms with Crippen molar-refractivity contribution in [2.75, 3.05) is 0 Å². The van der Waals surface area contributed by atoms with Gasteiger partial charge in [-0.3, -0.25) is 0 Å². The van der Waals surface area contributed by atoms with Gasteiger partial charge in [0.1, 0.15) is 5.52 Å². The summed E-state index contributed by atoms with van der Waals surface area (Å²) in [4.78, 5) is 4.21. The van der Waals surface area contributed by atoms with Gasteiger partial charge in [-0.25, -0.2) is 4.98 Å². The molecule has 0 amide bonds. The third-order valence-electron chi connectivity index (χ3n) is 3.34. The summed E-state index contributed by atoms with van der Waals surface area (Å²) in [5, 5.41) is 20.2. The van der Waals surface area contributed by atoms with Crippen molar-refractivity contribution in [3.63, 3.8) is 0 Å². The van der Waals surface area contributed by atoms with E-state index in [9.17, 15) is 5.11 Å². The molecule has 0 aromatic carbocycles. The van der Waals surface area contributed by atoms with E-state index in [0.717, 1.165) is 23.9 Å². The Balaban J connectivity index is 2.11. The molecule has 5 heteroatoms. The first kappa shape index (κ1) is 8.79. The van der Waals surface area contributed by atoms with Crippen LogP contribution in [-0.4, -0.2) is 31.6 Å². The molecule has 1 fully saturated rings. The Kier molecular flexibility index (Phi) is 1.62. The van der Waals surface area contributed by atoms with E-state index in [4.69, 9.17) is 0 Å². The van der Waals surface area contributed by atoms with E-state index in [1.807, 2.05) is 13.0 Å². The number of fused-ring (bicyclic) bond motifs is 1. The maximum atomic E-state index is 9.75. The fraction of sp³-hybridized carbons (Fsp3) is 0.500. The van der Waals surface area contributed by atoms with Gasteiger partial charge >= 0.3 is 0 Å². The number of hydrogen-bond acceptors (Lipinski definition) is 4. The van der Waals surface area contributed by atoms with Gasteiger partial charge in [-0.1, -0.05) is 0 Å². The Hall–Kier alpha value is -1.49. The van der Waals surface area contributed by atoms with Gasteiger partial charge in [-0.15, -0.1) is 5.10 Å². The smallest absolute Gasteiger partial charge is 0.201 e. The summed E-state index contributed by atoms with van der Waals surface area (Å²) >= 11 is 0. The van der Waals surface area contributed by atoms with Crippen molar-refractivity contribution in [2.24, 2.45) is 0 Å². The Morgan fingerprint density at radius 2 is 2.27 bits per heavy atom. The third-order valence-corrected chi connectivity index (χ3v) is 3.34. The van der Waals surface area contributed by atoms with Crippen molar-refractivity contribution in [1.82, 2.24) is 20.4 Å². The van der Waals surface area contributed by atoms with Crippen molar-refractivity contribution in [3.8, 4) is 0 Å². The summed E-state index contributed by atoms with van der Waals surface area (Å²) in [5.41, 5.74) is 2.37. The van der Waals surface area contributed by atoms with Crippen LogP contribution < -0.4 is 0 Å². The van der Waals surface area contributed by atoms with E-state index in [2.05, 4.69) is 20.4 Å². The van der Waals surface area contributed by atoms with Crippen molar-refractivity contribution >= 4 is 11.2 Å². The first-order valence-corrected chi connectivity index (χ1v) is 5.07. The maximum Gasteiger partial charge on any atom is 0.201 e. The average molecular weight is 204 g/mol. The molecule has 0 spiro atoms. The van der Waals surface area contributed by atoms with Crippen LogP contribution in [-0.2, 0) is 5.41 Å². The number of aliphatic hydroxyl groups is 1. The highest BCUT2D eigenvalue weighted by Gasteiger charge is 2.48. The Morgan fingerprint density at radius 3 is 2.93 bits per heavy atom. The normalized spacial score (nSPS) is 20.4. The van der Waals surface area contributed by atoms with Crippen molar-refractivity contribution < 1.29 is 5.11 Å². The van der Waals surface area contributed by atoms with Crippen LogP contribution in [0.15, 0.2) is 12.3 Å². The number of H-pyrrole nitrogens is 1. The number of aromatic nitrogens is 4. The highest BCUT2D eigenvalue weighted by molar-refractivity contribution is 5.69. The van der Waals surface area contributed by atoms with E-state index >= 15 is 0 Å². The van der Waals surface area contributed by atoms with Gasteiger partial charge in [-0.2, -0.15) is 10.3 Å². The topological polar surface area (TPSA) is 74.7 Å². The van der Waals surface area contributed by atoms with E-state index in [1.54, 1.807) is 6.20 Å². The second-order valence-corrected chi connectivity index (χ2v) is 4.22. The SMILES string of the molecule is CC(O)C1(c2cnc3n[nH]nc3c2)CC1. The lowest BCUT2D eigenvalue weighted by molar-refractivity contribution is 0.150. The first-order chi connectivity index (χ1) is 7.22. The molecule has 0 bridgehead atoms. The molecule has 15 heavy (non-hydrogen) atoms. The largest absolute Gasteiger partial charge is 0.392 e. The lowest BCUT2D eigenvalue weighted by Gasteiger charge is -2.18. The molecule has 2 heterocycles. The molecule has 1 saturated carbocycles. The second-order valence-electron chi connectivity index (χ2n) is 4.22. The number of aliphatic hydroxyl groups excluding tert-OH is 1. The molecular formula is C10H12N4O.